The predicted octanol–water partition coefficient (Wildman–Crippen LogP) is 4.12. The van der Waals surface area contributed by atoms with E-state index in [1.54, 1.807) is 42.5 Å². The summed E-state index contributed by atoms with van der Waals surface area (Å²) in [5.41, 5.74) is 0.549. The summed E-state index contributed by atoms with van der Waals surface area (Å²) in [5, 5.41) is 9.72. The zero-order chi connectivity index (χ0) is 26.0. The highest BCUT2D eigenvalue weighted by Crippen LogP contribution is 2.23. The highest BCUT2D eigenvalue weighted by atomic mass is 16.6. The summed E-state index contributed by atoms with van der Waals surface area (Å²) in [5.74, 6) is 0.0796. The Morgan fingerprint density at radius 1 is 1.03 bits per heavy atom. The zero-order valence-electron chi connectivity index (χ0n) is 20.7. The number of pyridine rings is 1. The third-order valence-corrected chi connectivity index (χ3v) is 5.62. The van der Waals surface area contributed by atoms with Crippen molar-refractivity contribution in [2.24, 2.45) is 5.41 Å². The van der Waals surface area contributed by atoms with Gasteiger partial charge in [0.15, 0.2) is 0 Å². The molecule has 0 saturated heterocycles. The fraction of sp³-hybridized carbons (Fsp3) is 0.407. The lowest BCUT2D eigenvalue weighted by molar-refractivity contribution is -0.155. The minimum absolute atomic E-state index is 0.162. The van der Waals surface area contributed by atoms with Gasteiger partial charge in [0.05, 0.1) is 49.0 Å². The van der Waals surface area contributed by atoms with Crippen molar-refractivity contribution in [3.63, 3.8) is 0 Å². The van der Waals surface area contributed by atoms with E-state index in [1.165, 1.54) is 0 Å². The maximum absolute atomic E-state index is 12.5. The van der Waals surface area contributed by atoms with E-state index in [0.29, 0.717) is 60.8 Å². The molecule has 0 atom stereocenters. The van der Waals surface area contributed by atoms with Crippen LogP contribution in [0.2, 0.25) is 0 Å². The molecule has 190 valence electrons. The lowest BCUT2D eigenvalue weighted by atomic mass is 9.91. The summed E-state index contributed by atoms with van der Waals surface area (Å²) in [6.07, 6.45) is 0.714. The van der Waals surface area contributed by atoms with Crippen molar-refractivity contribution in [2.75, 3.05) is 39.6 Å². The van der Waals surface area contributed by atoms with Gasteiger partial charge in [-0.1, -0.05) is 19.1 Å². The molecule has 0 amide bonds. The second-order valence-electron chi connectivity index (χ2n) is 8.63. The van der Waals surface area contributed by atoms with Crippen molar-refractivity contribution in [3.05, 3.63) is 58.4 Å². The average Bonchev–Trinajstić information content (AvgIpc) is 2.89. The zero-order valence-corrected chi connectivity index (χ0v) is 20.7. The highest BCUT2D eigenvalue weighted by molar-refractivity contribution is 5.79. The Morgan fingerprint density at radius 2 is 1.75 bits per heavy atom. The molecule has 0 bridgehead atoms. The molecule has 2 heterocycles. The number of hydrogen-bond donors (Lipinski definition) is 0. The first-order chi connectivity index (χ1) is 17.3. The number of aromatic nitrogens is 1. The first-order valence-corrected chi connectivity index (χ1v) is 11.7. The number of nitriles is 1. The normalized spacial score (nSPS) is 11.3. The van der Waals surface area contributed by atoms with Crippen molar-refractivity contribution in [3.8, 4) is 23.1 Å². The van der Waals surface area contributed by atoms with Gasteiger partial charge >= 0.3 is 11.6 Å². The van der Waals surface area contributed by atoms with Crippen molar-refractivity contribution in [1.82, 2.24) is 4.98 Å². The number of hydrogen-bond acceptors (Lipinski definition) is 9. The third kappa shape index (κ3) is 7.38. The van der Waals surface area contributed by atoms with Crippen LogP contribution < -0.4 is 10.4 Å². The van der Waals surface area contributed by atoms with E-state index in [9.17, 15) is 9.59 Å². The highest BCUT2D eigenvalue weighted by Gasteiger charge is 2.26. The van der Waals surface area contributed by atoms with E-state index < -0.39 is 11.0 Å². The Balaban J connectivity index is 1.39. The monoisotopic (exact) mass is 494 g/mol. The van der Waals surface area contributed by atoms with Crippen molar-refractivity contribution in [1.29, 1.82) is 5.26 Å². The Hall–Kier alpha value is -3.74. The molecule has 0 spiro atoms. The minimum atomic E-state index is -0.547. The summed E-state index contributed by atoms with van der Waals surface area (Å²) >= 11 is 0. The van der Waals surface area contributed by atoms with E-state index in [-0.39, 0.29) is 24.9 Å². The molecule has 3 aromatic rings. The number of ether oxygens (including phenoxy) is 4. The molecule has 36 heavy (non-hydrogen) atoms. The Kier molecular flexibility index (Phi) is 9.56. The molecular formula is C27H30N2O7. The van der Waals surface area contributed by atoms with Crippen LogP contribution in [0.15, 0.2) is 51.7 Å². The van der Waals surface area contributed by atoms with Crippen LogP contribution >= 0.6 is 0 Å². The van der Waals surface area contributed by atoms with E-state index in [2.05, 4.69) is 11.1 Å². The van der Waals surface area contributed by atoms with E-state index in [0.717, 1.165) is 0 Å². The number of fused-ring (bicyclic) bond motifs is 1. The maximum Gasteiger partial charge on any atom is 0.345 e. The van der Waals surface area contributed by atoms with Gasteiger partial charge in [0.1, 0.15) is 13.2 Å². The molecule has 0 aliphatic heterocycles. The molecule has 0 unspecified atom stereocenters. The van der Waals surface area contributed by atoms with Gasteiger partial charge in [-0.2, -0.15) is 10.2 Å². The fourth-order valence-electron chi connectivity index (χ4n) is 3.08. The third-order valence-electron chi connectivity index (χ3n) is 5.62. The van der Waals surface area contributed by atoms with E-state index >= 15 is 0 Å². The lowest BCUT2D eigenvalue weighted by Crippen LogP contribution is -2.27. The Bertz CT molecular complexity index is 1280. The van der Waals surface area contributed by atoms with Crippen molar-refractivity contribution >= 4 is 17.1 Å². The predicted molar refractivity (Wildman–Crippen MR) is 133 cm³/mol. The first kappa shape index (κ1) is 26.9. The molecule has 3 rings (SSSR count). The van der Waals surface area contributed by atoms with Gasteiger partial charge in [-0.3, -0.25) is 4.79 Å². The van der Waals surface area contributed by atoms with Gasteiger partial charge < -0.3 is 23.4 Å². The molecule has 0 aliphatic carbocycles. The number of carbonyl (C=O) groups excluding carboxylic acids is 1. The fourth-order valence-corrected chi connectivity index (χ4v) is 3.08. The van der Waals surface area contributed by atoms with Crippen molar-refractivity contribution < 1.29 is 28.2 Å². The molecule has 2 aromatic heterocycles. The quantitative estimate of drug-likeness (QED) is 0.255. The van der Waals surface area contributed by atoms with E-state index in [4.69, 9.17) is 28.6 Å². The molecule has 0 saturated carbocycles. The molecular weight excluding hydrogens is 464 g/mol. The van der Waals surface area contributed by atoms with Gasteiger partial charge in [0, 0.05) is 11.5 Å². The van der Waals surface area contributed by atoms with Gasteiger partial charge in [-0.05, 0) is 50.1 Å². The van der Waals surface area contributed by atoms with Crippen LogP contribution in [0.1, 0.15) is 32.8 Å². The van der Waals surface area contributed by atoms with Crippen LogP contribution in [0.25, 0.3) is 22.2 Å². The topological polar surface area (TPSA) is 121 Å². The standard InChI is InChI=1S/C27H30N2O7/c1-4-27(2,3)26(31)35-15-13-33-11-10-32-12-14-34-23-9-8-21-17-22(25(30)36-24(21)29-23)20-7-5-6-19(16-20)18-28/h5-9,16-17H,4,10-15H2,1-3H3. The number of esters is 1. The second-order valence-corrected chi connectivity index (χ2v) is 8.63. The summed E-state index contributed by atoms with van der Waals surface area (Å²) in [7, 11) is 0. The smallest absolute Gasteiger partial charge is 0.345 e. The second kappa shape index (κ2) is 12.8. The van der Waals surface area contributed by atoms with Crippen LogP contribution in [-0.4, -0.2) is 50.6 Å². The van der Waals surface area contributed by atoms with Crippen molar-refractivity contribution in [2.45, 2.75) is 27.2 Å². The minimum Gasteiger partial charge on any atom is -0.475 e. The van der Waals surface area contributed by atoms with Gasteiger partial charge in [0.2, 0.25) is 11.6 Å². The van der Waals surface area contributed by atoms with Gasteiger partial charge in [-0.15, -0.1) is 0 Å². The lowest BCUT2D eigenvalue weighted by Gasteiger charge is -2.20. The first-order valence-electron chi connectivity index (χ1n) is 11.7. The Labute approximate surface area is 209 Å². The number of benzene rings is 1. The van der Waals surface area contributed by atoms with Crippen LogP contribution in [-0.2, 0) is 19.0 Å². The number of rotatable bonds is 13. The van der Waals surface area contributed by atoms with Crippen LogP contribution in [0.4, 0.5) is 0 Å². The summed E-state index contributed by atoms with van der Waals surface area (Å²) in [6, 6.07) is 13.9. The van der Waals surface area contributed by atoms with E-state index in [1.807, 2.05) is 20.8 Å². The van der Waals surface area contributed by atoms with Gasteiger partial charge in [0.25, 0.3) is 0 Å². The molecule has 0 radical (unpaired) electrons. The summed E-state index contributed by atoms with van der Waals surface area (Å²) in [4.78, 5) is 28.6. The largest absolute Gasteiger partial charge is 0.475 e. The molecule has 0 aliphatic rings. The SMILES string of the molecule is CCC(C)(C)C(=O)OCCOCCOCCOc1ccc2cc(-c3cccc(C#N)c3)c(=O)oc2n1. The van der Waals surface area contributed by atoms with Gasteiger partial charge in [-0.25, -0.2) is 4.79 Å². The van der Waals surface area contributed by atoms with Crippen LogP contribution in [0.3, 0.4) is 0 Å². The summed E-state index contributed by atoms with van der Waals surface area (Å²) < 4.78 is 27.0. The molecule has 0 fully saturated rings. The molecule has 9 nitrogen and oxygen atoms in total. The maximum atomic E-state index is 12.5. The summed E-state index contributed by atoms with van der Waals surface area (Å²) in [6.45, 7) is 7.48. The number of carbonyl (C=O) groups is 1. The number of nitrogens with zero attached hydrogens (tertiary/aromatic N) is 2. The van der Waals surface area contributed by atoms with Crippen LogP contribution in [0.5, 0.6) is 5.88 Å². The molecule has 0 N–H and O–H groups in total. The van der Waals surface area contributed by atoms with Crippen LogP contribution in [0, 0.1) is 16.7 Å². The molecule has 1 aromatic carbocycles. The molecule has 9 heteroatoms. The Morgan fingerprint density at radius 3 is 2.47 bits per heavy atom. The average molecular weight is 495 g/mol.